The third-order valence-corrected chi connectivity index (χ3v) is 3.90. The standard InChI is InChI=1S/C17H17F3N2O3/c18-17(19,20)12-4-6-14-11(9-12)10-16(24-14)15-7-5-13(23-15)3-1-2-8-22-25-21/h4,6,9-10,13,15,22H,2,5,7-8,21H2/t13-,15-/m1/s1. The van der Waals surface area contributed by atoms with Crippen LogP contribution in [0.25, 0.3) is 11.0 Å². The van der Waals surface area contributed by atoms with Crippen molar-refractivity contribution in [2.24, 2.45) is 5.90 Å². The molecule has 0 amide bonds. The number of fused-ring (bicyclic) bond motifs is 1. The SMILES string of the molecule is NONCCC#C[C@@H]1CC[C@H](c2cc3cc(C(F)(F)F)ccc3o2)O1. The predicted molar refractivity (Wildman–Crippen MR) is 83.7 cm³/mol. The van der Waals surface area contributed by atoms with Gasteiger partial charge in [-0.2, -0.15) is 24.5 Å². The van der Waals surface area contributed by atoms with Crippen molar-refractivity contribution < 1.29 is 27.3 Å². The molecule has 0 aliphatic carbocycles. The summed E-state index contributed by atoms with van der Waals surface area (Å²) in [6.07, 6.45) is -2.89. The Bertz CT molecular complexity index is 792. The van der Waals surface area contributed by atoms with Crippen molar-refractivity contribution in [3.63, 3.8) is 0 Å². The van der Waals surface area contributed by atoms with Gasteiger partial charge in [0.05, 0.1) is 5.56 Å². The van der Waals surface area contributed by atoms with E-state index >= 15 is 0 Å². The largest absolute Gasteiger partial charge is 0.458 e. The summed E-state index contributed by atoms with van der Waals surface area (Å²) in [7, 11) is 0. The van der Waals surface area contributed by atoms with Crippen molar-refractivity contribution in [3.05, 3.63) is 35.6 Å². The van der Waals surface area contributed by atoms with Gasteiger partial charge in [0.1, 0.15) is 23.6 Å². The monoisotopic (exact) mass is 354 g/mol. The number of hydrogen-bond acceptors (Lipinski definition) is 5. The summed E-state index contributed by atoms with van der Waals surface area (Å²) in [5.74, 6) is 11.3. The lowest BCUT2D eigenvalue weighted by atomic mass is 10.1. The zero-order chi connectivity index (χ0) is 17.9. The molecule has 3 N–H and O–H groups in total. The molecule has 2 atom stereocenters. The van der Waals surface area contributed by atoms with Crippen LogP contribution >= 0.6 is 0 Å². The van der Waals surface area contributed by atoms with Crippen molar-refractivity contribution in [1.82, 2.24) is 5.48 Å². The molecule has 2 aromatic rings. The minimum absolute atomic E-state index is 0.220. The van der Waals surface area contributed by atoms with Crippen LogP contribution in [-0.2, 0) is 15.9 Å². The highest BCUT2D eigenvalue weighted by Crippen LogP contribution is 2.37. The van der Waals surface area contributed by atoms with Crippen LogP contribution in [0.15, 0.2) is 28.7 Å². The van der Waals surface area contributed by atoms with Crippen LogP contribution in [0.4, 0.5) is 13.2 Å². The predicted octanol–water partition coefficient (Wildman–Crippen LogP) is 3.46. The molecule has 5 nitrogen and oxygen atoms in total. The number of rotatable bonds is 4. The van der Waals surface area contributed by atoms with E-state index in [1.165, 1.54) is 6.07 Å². The zero-order valence-corrected chi connectivity index (χ0v) is 13.2. The summed E-state index contributed by atoms with van der Waals surface area (Å²) in [5, 5.41) is 0.413. The van der Waals surface area contributed by atoms with E-state index in [1.807, 2.05) is 0 Å². The van der Waals surface area contributed by atoms with E-state index in [0.717, 1.165) is 18.6 Å². The number of furan rings is 1. The molecule has 25 heavy (non-hydrogen) atoms. The van der Waals surface area contributed by atoms with Crippen LogP contribution in [0.3, 0.4) is 0 Å². The molecule has 0 radical (unpaired) electrons. The van der Waals surface area contributed by atoms with E-state index in [-0.39, 0.29) is 12.2 Å². The van der Waals surface area contributed by atoms with Crippen LogP contribution in [-0.4, -0.2) is 12.6 Å². The summed E-state index contributed by atoms with van der Waals surface area (Å²) in [4.78, 5) is 4.22. The van der Waals surface area contributed by atoms with Crippen LogP contribution in [0.1, 0.15) is 36.7 Å². The van der Waals surface area contributed by atoms with Crippen LogP contribution in [0.5, 0.6) is 0 Å². The number of ether oxygens (including phenoxy) is 1. The highest BCUT2D eigenvalue weighted by molar-refractivity contribution is 5.79. The molecule has 1 aliphatic heterocycles. The second-order valence-corrected chi connectivity index (χ2v) is 5.67. The maximum atomic E-state index is 12.8. The molecule has 1 aromatic carbocycles. The van der Waals surface area contributed by atoms with E-state index in [0.29, 0.717) is 36.1 Å². The molecule has 1 aromatic heterocycles. The summed E-state index contributed by atoms with van der Waals surface area (Å²) >= 11 is 0. The Morgan fingerprint density at radius 1 is 1.28 bits per heavy atom. The molecule has 134 valence electrons. The van der Waals surface area contributed by atoms with Crippen molar-refractivity contribution in [3.8, 4) is 11.8 Å². The van der Waals surface area contributed by atoms with Crippen molar-refractivity contribution >= 4 is 11.0 Å². The van der Waals surface area contributed by atoms with Crippen LogP contribution < -0.4 is 11.4 Å². The lowest BCUT2D eigenvalue weighted by Crippen LogP contribution is -2.19. The van der Waals surface area contributed by atoms with Gasteiger partial charge in [-0.25, -0.2) is 4.94 Å². The van der Waals surface area contributed by atoms with Gasteiger partial charge in [-0.1, -0.05) is 11.8 Å². The maximum Gasteiger partial charge on any atom is 0.416 e. The molecule has 0 saturated carbocycles. The Morgan fingerprint density at radius 3 is 2.88 bits per heavy atom. The van der Waals surface area contributed by atoms with Gasteiger partial charge in [-0.15, -0.1) is 0 Å². The first-order valence-corrected chi connectivity index (χ1v) is 7.80. The van der Waals surface area contributed by atoms with Gasteiger partial charge < -0.3 is 9.15 Å². The fourth-order valence-corrected chi connectivity index (χ4v) is 2.71. The summed E-state index contributed by atoms with van der Waals surface area (Å²) in [6.45, 7) is 0.505. The summed E-state index contributed by atoms with van der Waals surface area (Å²) in [5.41, 5.74) is 2.19. The van der Waals surface area contributed by atoms with E-state index in [2.05, 4.69) is 22.3 Å². The molecule has 1 fully saturated rings. The van der Waals surface area contributed by atoms with Gasteiger partial charge in [0.15, 0.2) is 0 Å². The quantitative estimate of drug-likeness (QED) is 0.500. The molecule has 0 spiro atoms. The number of nitrogens with one attached hydrogen (secondary N) is 1. The van der Waals surface area contributed by atoms with Crippen molar-refractivity contribution in [2.45, 2.75) is 37.6 Å². The molecule has 2 heterocycles. The third kappa shape index (κ3) is 4.32. The lowest BCUT2D eigenvalue weighted by molar-refractivity contribution is -0.137. The Labute approximate surface area is 142 Å². The Balaban J connectivity index is 1.66. The number of hydroxylamine groups is 1. The molecule has 1 aliphatic rings. The fraction of sp³-hybridized carbons (Fsp3) is 0.412. The lowest BCUT2D eigenvalue weighted by Gasteiger charge is -2.06. The van der Waals surface area contributed by atoms with E-state index in [9.17, 15) is 13.2 Å². The molecule has 3 rings (SSSR count). The number of halogens is 3. The van der Waals surface area contributed by atoms with Crippen LogP contribution in [0, 0.1) is 11.8 Å². The highest BCUT2D eigenvalue weighted by atomic mass is 19.4. The fourth-order valence-electron chi connectivity index (χ4n) is 2.71. The smallest absolute Gasteiger partial charge is 0.416 e. The molecular weight excluding hydrogens is 337 g/mol. The topological polar surface area (TPSA) is 69.7 Å². The average Bonchev–Trinajstić information content (AvgIpc) is 3.19. The van der Waals surface area contributed by atoms with E-state index < -0.39 is 11.7 Å². The summed E-state index contributed by atoms with van der Waals surface area (Å²) < 4.78 is 49.8. The molecule has 1 saturated heterocycles. The maximum absolute atomic E-state index is 12.8. The molecule has 0 bridgehead atoms. The van der Waals surface area contributed by atoms with Crippen LogP contribution in [0.2, 0.25) is 0 Å². The molecule has 0 unspecified atom stereocenters. The minimum atomic E-state index is -4.38. The van der Waals surface area contributed by atoms with Gasteiger partial charge in [0, 0.05) is 18.4 Å². The van der Waals surface area contributed by atoms with Gasteiger partial charge in [-0.3, -0.25) is 0 Å². The second-order valence-electron chi connectivity index (χ2n) is 5.67. The van der Waals surface area contributed by atoms with Gasteiger partial charge in [0.25, 0.3) is 0 Å². The van der Waals surface area contributed by atoms with Gasteiger partial charge in [0.2, 0.25) is 0 Å². The second kappa shape index (κ2) is 7.45. The first-order chi connectivity index (χ1) is 12.0. The Morgan fingerprint density at radius 2 is 2.12 bits per heavy atom. The zero-order valence-electron chi connectivity index (χ0n) is 13.2. The minimum Gasteiger partial charge on any atom is -0.458 e. The van der Waals surface area contributed by atoms with Gasteiger partial charge in [-0.05, 0) is 37.1 Å². The van der Waals surface area contributed by atoms with Gasteiger partial charge >= 0.3 is 6.18 Å². The number of alkyl halides is 3. The molecular formula is C17H17F3N2O3. The third-order valence-electron chi connectivity index (χ3n) is 3.90. The number of hydrogen-bond donors (Lipinski definition) is 2. The van der Waals surface area contributed by atoms with E-state index in [4.69, 9.17) is 15.1 Å². The van der Waals surface area contributed by atoms with E-state index in [1.54, 1.807) is 6.07 Å². The first kappa shape index (κ1) is 17.8. The Hall–Kier alpha value is -2.05. The molecule has 8 heteroatoms. The summed E-state index contributed by atoms with van der Waals surface area (Å²) in [6, 6.07) is 5.04. The normalized spacial score (nSPS) is 20.6. The van der Waals surface area contributed by atoms with Crippen molar-refractivity contribution in [2.75, 3.05) is 6.54 Å². The average molecular weight is 354 g/mol. The number of nitrogens with two attached hydrogens (primary N) is 1. The van der Waals surface area contributed by atoms with Crippen molar-refractivity contribution in [1.29, 1.82) is 0 Å². The first-order valence-electron chi connectivity index (χ1n) is 7.80. The highest BCUT2D eigenvalue weighted by Gasteiger charge is 2.32. The number of benzene rings is 1. The Kier molecular flexibility index (Phi) is 5.30.